The molecule has 0 aliphatic carbocycles. The van der Waals surface area contributed by atoms with Gasteiger partial charge in [-0.25, -0.2) is 0 Å². The number of rotatable bonds is 6. The molecule has 0 saturated carbocycles. The van der Waals surface area contributed by atoms with Crippen LogP contribution in [0.2, 0.25) is 10.0 Å². The third-order valence-corrected chi connectivity index (χ3v) is 4.57. The normalized spacial score (nSPS) is 11.4. The number of carbonyl (C=O) groups is 1. The van der Waals surface area contributed by atoms with Gasteiger partial charge in [-0.2, -0.15) is 4.99 Å². The lowest BCUT2D eigenvalue weighted by Gasteiger charge is -2.07. The summed E-state index contributed by atoms with van der Waals surface area (Å²) >= 11 is 12.0. The Balaban J connectivity index is 1.76. The van der Waals surface area contributed by atoms with E-state index in [1.54, 1.807) is 49.4 Å². The Bertz CT molecular complexity index is 1060. The van der Waals surface area contributed by atoms with Crippen molar-refractivity contribution in [3.63, 3.8) is 0 Å². The van der Waals surface area contributed by atoms with Crippen molar-refractivity contribution in [2.24, 2.45) is 10.7 Å². The summed E-state index contributed by atoms with van der Waals surface area (Å²) in [5.41, 5.74) is 8.02. The maximum Gasteiger partial charge on any atom is 0.286 e. The number of hydrogen-bond donors (Lipinski definition) is 2. The van der Waals surface area contributed by atoms with Crippen molar-refractivity contribution in [2.45, 2.75) is 20.4 Å². The van der Waals surface area contributed by atoms with Crippen LogP contribution in [-0.2, 0) is 6.54 Å². The zero-order chi connectivity index (χ0) is 21.7. The molecule has 1 aromatic heterocycles. The predicted molar refractivity (Wildman–Crippen MR) is 117 cm³/mol. The Hall–Kier alpha value is -3.03. The number of aliphatic imine (C=N–C) groups is 1. The highest BCUT2D eigenvalue weighted by Crippen LogP contribution is 2.27. The highest BCUT2D eigenvalue weighted by atomic mass is 35.5. The molecule has 0 bridgehead atoms. The Labute approximate surface area is 183 Å². The van der Waals surface area contributed by atoms with Crippen molar-refractivity contribution in [1.29, 1.82) is 0 Å². The van der Waals surface area contributed by atoms with Gasteiger partial charge in [-0.3, -0.25) is 4.79 Å². The predicted octanol–water partition coefficient (Wildman–Crippen LogP) is 4.60. The quantitative estimate of drug-likeness (QED) is 0.423. The van der Waals surface area contributed by atoms with E-state index < -0.39 is 5.91 Å². The number of nitrogens with two attached hydrogens (primary N) is 1. The van der Waals surface area contributed by atoms with Gasteiger partial charge in [0.05, 0.1) is 6.61 Å². The minimum Gasteiger partial charge on any atom is -0.494 e. The first-order valence-electron chi connectivity index (χ1n) is 9.14. The number of carbonyl (C=O) groups excluding carboxylic acids is 1. The van der Waals surface area contributed by atoms with Gasteiger partial charge in [-0.1, -0.05) is 28.4 Å². The summed E-state index contributed by atoms with van der Waals surface area (Å²) in [4.78, 5) is 16.7. The number of nitrogens with one attached hydrogen (secondary N) is 1. The fourth-order valence-corrected chi connectivity index (χ4v) is 3.38. The molecule has 0 atom stereocenters. The molecule has 156 valence electrons. The van der Waals surface area contributed by atoms with Crippen LogP contribution in [0.3, 0.4) is 0 Å². The van der Waals surface area contributed by atoms with Gasteiger partial charge < -0.3 is 20.3 Å². The Kier molecular flexibility index (Phi) is 6.97. The highest BCUT2D eigenvalue weighted by molar-refractivity contribution is 6.34. The van der Waals surface area contributed by atoms with Gasteiger partial charge in [0.1, 0.15) is 22.8 Å². The van der Waals surface area contributed by atoms with E-state index >= 15 is 0 Å². The number of benzene rings is 2. The van der Waals surface area contributed by atoms with Crippen LogP contribution in [-0.4, -0.2) is 23.6 Å². The van der Waals surface area contributed by atoms with Crippen molar-refractivity contribution < 1.29 is 14.1 Å². The van der Waals surface area contributed by atoms with Crippen LogP contribution in [0.4, 0.5) is 0 Å². The summed E-state index contributed by atoms with van der Waals surface area (Å²) in [6, 6.07) is 12.3. The van der Waals surface area contributed by atoms with Crippen LogP contribution in [0.1, 0.15) is 28.6 Å². The van der Waals surface area contributed by atoms with Crippen molar-refractivity contribution >= 4 is 35.1 Å². The molecule has 0 unspecified atom stereocenters. The van der Waals surface area contributed by atoms with Gasteiger partial charge >= 0.3 is 0 Å². The maximum absolute atomic E-state index is 12.7. The first-order valence-corrected chi connectivity index (χ1v) is 9.89. The number of hydrogen-bond acceptors (Lipinski definition) is 4. The van der Waals surface area contributed by atoms with Gasteiger partial charge in [0, 0.05) is 22.2 Å². The number of ether oxygens (including phenoxy) is 1. The second-order valence-electron chi connectivity index (χ2n) is 6.35. The van der Waals surface area contributed by atoms with E-state index in [9.17, 15) is 4.79 Å². The molecule has 9 heteroatoms. The minimum atomic E-state index is -0.563. The summed E-state index contributed by atoms with van der Waals surface area (Å²) in [5.74, 6) is 0.463. The third-order valence-electron chi connectivity index (χ3n) is 4.13. The fraction of sp³-hybridized carbons (Fsp3) is 0.190. The van der Waals surface area contributed by atoms with Gasteiger partial charge in [-0.15, -0.1) is 0 Å². The number of halogens is 2. The maximum atomic E-state index is 12.7. The molecule has 3 aromatic rings. The van der Waals surface area contributed by atoms with E-state index in [-0.39, 0.29) is 11.5 Å². The summed E-state index contributed by atoms with van der Waals surface area (Å²) in [6.45, 7) is 4.42. The van der Waals surface area contributed by atoms with Crippen LogP contribution in [0.5, 0.6) is 5.75 Å². The second-order valence-corrected chi connectivity index (χ2v) is 7.23. The average molecular weight is 447 g/mol. The molecule has 1 heterocycles. The standard InChI is InChI=1S/C21H20Cl2N4O3/c1-3-29-17-6-4-14(5-7-17)19-18(12(2)30-27-19)20(28)26-21(24)25-11-13-8-15(22)10-16(23)9-13/h4-10H,3,11H2,1-2H3,(H3,24,25,26,28). The molecule has 2 aromatic carbocycles. The van der Waals surface area contributed by atoms with Gasteiger partial charge in [-0.05, 0) is 61.9 Å². The van der Waals surface area contributed by atoms with Crippen LogP contribution in [0.15, 0.2) is 52.0 Å². The van der Waals surface area contributed by atoms with Crippen LogP contribution in [0, 0.1) is 6.92 Å². The molecule has 1 amide bonds. The van der Waals surface area contributed by atoms with Crippen molar-refractivity contribution in [1.82, 2.24) is 10.5 Å². The van der Waals surface area contributed by atoms with Crippen molar-refractivity contribution in [3.05, 3.63) is 69.4 Å². The summed E-state index contributed by atoms with van der Waals surface area (Å²) in [5, 5.41) is 7.89. The van der Waals surface area contributed by atoms with Crippen LogP contribution >= 0.6 is 23.2 Å². The van der Waals surface area contributed by atoms with Crippen LogP contribution < -0.4 is 15.8 Å². The molecule has 0 radical (unpaired) electrons. The van der Waals surface area contributed by atoms with E-state index in [1.807, 2.05) is 6.92 Å². The Morgan fingerprint density at radius 3 is 2.50 bits per heavy atom. The van der Waals surface area contributed by atoms with Crippen LogP contribution in [0.25, 0.3) is 11.3 Å². The fourth-order valence-electron chi connectivity index (χ4n) is 2.81. The lowest BCUT2D eigenvalue weighted by Crippen LogP contribution is -2.32. The number of aromatic nitrogens is 1. The summed E-state index contributed by atoms with van der Waals surface area (Å²) < 4.78 is 10.7. The molecule has 3 N–H and O–H groups in total. The van der Waals surface area contributed by atoms with E-state index in [0.29, 0.717) is 40.2 Å². The number of aryl methyl sites for hydroxylation is 1. The molecule has 0 saturated heterocycles. The van der Waals surface area contributed by atoms with E-state index in [2.05, 4.69) is 15.5 Å². The van der Waals surface area contributed by atoms with E-state index in [0.717, 1.165) is 11.3 Å². The molecule has 3 rings (SSSR count). The topological polar surface area (TPSA) is 103 Å². The van der Waals surface area contributed by atoms with Crippen molar-refractivity contribution in [3.8, 4) is 17.0 Å². The van der Waals surface area contributed by atoms with Gasteiger partial charge in [0.25, 0.3) is 5.91 Å². The zero-order valence-corrected chi connectivity index (χ0v) is 17.9. The molecule has 0 aliphatic rings. The first kappa shape index (κ1) is 21.7. The molecular weight excluding hydrogens is 427 g/mol. The second kappa shape index (κ2) is 9.65. The number of guanidine groups is 1. The molecule has 0 aliphatic heterocycles. The monoisotopic (exact) mass is 446 g/mol. The number of amides is 1. The Morgan fingerprint density at radius 1 is 1.20 bits per heavy atom. The third kappa shape index (κ3) is 5.31. The number of nitrogens with zero attached hydrogens (tertiary/aromatic N) is 2. The molecule has 0 fully saturated rings. The zero-order valence-electron chi connectivity index (χ0n) is 16.4. The highest BCUT2D eigenvalue weighted by Gasteiger charge is 2.21. The van der Waals surface area contributed by atoms with E-state index in [4.69, 9.17) is 38.2 Å². The van der Waals surface area contributed by atoms with Gasteiger partial charge in [0.15, 0.2) is 5.96 Å². The minimum absolute atomic E-state index is 0.0469. The largest absolute Gasteiger partial charge is 0.494 e. The summed E-state index contributed by atoms with van der Waals surface area (Å²) in [6.07, 6.45) is 0. The van der Waals surface area contributed by atoms with Crippen molar-refractivity contribution in [2.75, 3.05) is 6.61 Å². The lowest BCUT2D eigenvalue weighted by atomic mass is 10.1. The smallest absolute Gasteiger partial charge is 0.286 e. The molecular formula is C21H20Cl2N4O3. The summed E-state index contributed by atoms with van der Waals surface area (Å²) in [7, 11) is 0. The Morgan fingerprint density at radius 2 is 1.87 bits per heavy atom. The molecule has 0 spiro atoms. The average Bonchev–Trinajstić information content (AvgIpc) is 3.08. The molecule has 30 heavy (non-hydrogen) atoms. The first-order chi connectivity index (χ1) is 14.4. The lowest BCUT2D eigenvalue weighted by molar-refractivity contribution is 0.100. The van der Waals surface area contributed by atoms with E-state index in [1.165, 1.54) is 0 Å². The SMILES string of the molecule is CCOc1ccc(-c2noc(C)c2C(=O)/N=C(/N)NCc2cc(Cl)cc(Cl)c2)cc1. The van der Waals surface area contributed by atoms with Gasteiger partial charge in [0.2, 0.25) is 0 Å². The molecule has 7 nitrogen and oxygen atoms in total.